The molecule has 2 aliphatic heterocycles. The Bertz CT molecular complexity index is 639. The summed E-state index contributed by atoms with van der Waals surface area (Å²) in [6.07, 6.45) is 4.26. The molecule has 3 heterocycles. The first-order chi connectivity index (χ1) is 9.90. The summed E-state index contributed by atoms with van der Waals surface area (Å²) in [4.78, 5) is 11.3. The maximum atomic E-state index is 5.41. The largest absolute Gasteiger partial charge is 0.454 e. The van der Waals surface area contributed by atoms with Crippen molar-refractivity contribution >= 4 is 5.95 Å². The van der Waals surface area contributed by atoms with E-state index in [1.165, 1.54) is 12.8 Å². The molecule has 0 amide bonds. The predicted molar refractivity (Wildman–Crippen MR) is 75.0 cm³/mol. The molecule has 0 saturated carbocycles. The molecule has 0 radical (unpaired) electrons. The highest BCUT2D eigenvalue weighted by atomic mass is 16.7. The van der Waals surface area contributed by atoms with Crippen molar-refractivity contribution in [3.05, 3.63) is 30.5 Å². The third-order valence-electron chi connectivity index (χ3n) is 3.70. The number of rotatable bonds is 2. The van der Waals surface area contributed by atoms with E-state index in [-0.39, 0.29) is 0 Å². The lowest BCUT2D eigenvalue weighted by Crippen LogP contribution is -2.20. The van der Waals surface area contributed by atoms with E-state index in [1.54, 1.807) is 0 Å². The molecule has 5 nitrogen and oxygen atoms in total. The fraction of sp³-hybridized carbons (Fsp3) is 0.333. The molecule has 4 rings (SSSR count). The smallest absolute Gasteiger partial charge is 0.231 e. The molecule has 2 aliphatic rings. The lowest BCUT2D eigenvalue weighted by atomic mass is 10.1. The maximum Gasteiger partial charge on any atom is 0.231 e. The van der Waals surface area contributed by atoms with E-state index >= 15 is 0 Å². The van der Waals surface area contributed by atoms with Crippen LogP contribution in [0.25, 0.3) is 11.3 Å². The van der Waals surface area contributed by atoms with E-state index in [0.717, 1.165) is 41.8 Å². The number of fused-ring (bicyclic) bond motifs is 1. The van der Waals surface area contributed by atoms with Gasteiger partial charge in [-0.15, -0.1) is 0 Å². The van der Waals surface area contributed by atoms with Gasteiger partial charge >= 0.3 is 0 Å². The van der Waals surface area contributed by atoms with Crippen molar-refractivity contribution in [2.75, 3.05) is 24.8 Å². The van der Waals surface area contributed by atoms with Crippen molar-refractivity contribution in [3.63, 3.8) is 0 Å². The normalized spacial score (nSPS) is 16.7. The van der Waals surface area contributed by atoms with E-state index in [2.05, 4.69) is 14.9 Å². The Balaban J connectivity index is 1.69. The van der Waals surface area contributed by atoms with Gasteiger partial charge in [0.25, 0.3) is 0 Å². The molecule has 1 aromatic carbocycles. The topological polar surface area (TPSA) is 47.5 Å². The van der Waals surface area contributed by atoms with Crippen molar-refractivity contribution in [3.8, 4) is 22.8 Å². The summed E-state index contributed by atoms with van der Waals surface area (Å²) in [7, 11) is 0. The van der Waals surface area contributed by atoms with Gasteiger partial charge in [0, 0.05) is 24.8 Å². The van der Waals surface area contributed by atoms with Crippen LogP contribution in [0.3, 0.4) is 0 Å². The van der Waals surface area contributed by atoms with Crippen molar-refractivity contribution < 1.29 is 9.47 Å². The van der Waals surface area contributed by atoms with Gasteiger partial charge in [-0.2, -0.15) is 0 Å². The summed E-state index contributed by atoms with van der Waals surface area (Å²) in [6, 6.07) is 7.83. The SMILES string of the molecule is c1cc(-c2ccc3c(c2)OCO3)nc(N2CCCC2)n1. The van der Waals surface area contributed by atoms with Gasteiger partial charge < -0.3 is 14.4 Å². The molecule has 1 fully saturated rings. The molecule has 20 heavy (non-hydrogen) atoms. The number of aromatic nitrogens is 2. The summed E-state index contributed by atoms with van der Waals surface area (Å²) < 4.78 is 10.7. The zero-order valence-electron chi connectivity index (χ0n) is 11.1. The Hall–Kier alpha value is -2.30. The molecule has 0 atom stereocenters. The fourth-order valence-electron chi connectivity index (χ4n) is 2.63. The Morgan fingerprint density at radius 1 is 1.00 bits per heavy atom. The fourth-order valence-corrected chi connectivity index (χ4v) is 2.63. The van der Waals surface area contributed by atoms with Crippen LogP contribution in [0.4, 0.5) is 5.95 Å². The quantitative estimate of drug-likeness (QED) is 0.838. The van der Waals surface area contributed by atoms with Crippen molar-refractivity contribution in [1.82, 2.24) is 9.97 Å². The minimum Gasteiger partial charge on any atom is -0.454 e. The van der Waals surface area contributed by atoms with Gasteiger partial charge in [-0.1, -0.05) is 0 Å². The van der Waals surface area contributed by atoms with Crippen LogP contribution in [0.15, 0.2) is 30.5 Å². The zero-order valence-corrected chi connectivity index (χ0v) is 11.1. The minimum atomic E-state index is 0.293. The lowest BCUT2D eigenvalue weighted by molar-refractivity contribution is 0.174. The third-order valence-corrected chi connectivity index (χ3v) is 3.70. The van der Waals surface area contributed by atoms with Crippen LogP contribution in [-0.4, -0.2) is 29.9 Å². The molecule has 5 heteroatoms. The summed E-state index contributed by atoms with van der Waals surface area (Å²) >= 11 is 0. The average Bonchev–Trinajstić information content (AvgIpc) is 3.18. The third kappa shape index (κ3) is 1.95. The second-order valence-electron chi connectivity index (χ2n) is 5.00. The minimum absolute atomic E-state index is 0.293. The number of benzene rings is 1. The molecule has 0 bridgehead atoms. The van der Waals surface area contributed by atoms with Crippen LogP contribution < -0.4 is 14.4 Å². The van der Waals surface area contributed by atoms with Gasteiger partial charge in [-0.3, -0.25) is 0 Å². The average molecular weight is 269 g/mol. The van der Waals surface area contributed by atoms with E-state index < -0.39 is 0 Å². The first-order valence-electron chi connectivity index (χ1n) is 6.88. The summed E-state index contributed by atoms with van der Waals surface area (Å²) in [5.41, 5.74) is 1.94. The van der Waals surface area contributed by atoms with E-state index in [9.17, 15) is 0 Å². The molecule has 0 spiro atoms. The highest BCUT2D eigenvalue weighted by molar-refractivity contribution is 5.65. The second kappa shape index (κ2) is 4.67. The first-order valence-corrected chi connectivity index (χ1v) is 6.88. The van der Waals surface area contributed by atoms with Gasteiger partial charge in [-0.05, 0) is 37.1 Å². The number of nitrogens with zero attached hydrogens (tertiary/aromatic N) is 3. The monoisotopic (exact) mass is 269 g/mol. The van der Waals surface area contributed by atoms with Crippen LogP contribution in [0, 0.1) is 0 Å². The molecule has 0 N–H and O–H groups in total. The number of anilines is 1. The summed E-state index contributed by atoms with van der Waals surface area (Å²) in [5.74, 6) is 2.39. The summed E-state index contributed by atoms with van der Waals surface area (Å²) in [6.45, 7) is 2.39. The Labute approximate surface area is 117 Å². The molecule has 0 aliphatic carbocycles. The maximum absolute atomic E-state index is 5.41. The Kier molecular flexibility index (Phi) is 2.69. The van der Waals surface area contributed by atoms with Gasteiger partial charge in [0.05, 0.1) is 5.69 Å². The first kappa shape index (κ1) is 11.5. The van der Waals surface area contributed by atoms with Crippen LogP contribution in [-0.2, 0) is 0 Å². The van der Waals surface area contributed by atoms with Crippen molar-refractivity contribution in [1.29, 1.82) is 0 Å². The van der Waals surface area contributed by atoms with Crippen molar-refractivity contribution in [2.24, 2.45) is 0 Å². The molecular weight excluding hydrogens is 254 g/mol. The van der Waals surface area contributed by atoms with Gasteiger partial charge in [0.15, 0.2) is 11.5 Å². The zero-order chi connectivity index (χ0) is 13.4. The molecule has 102 valence electrons. The van der Waals surface area contributed by atoms with Crippen LogP contribution in [0.1, 0.15) is 12.8 Å². The standard InChI is InChI=1S/C15H15N3O2/c1-2-8-18(7-1)15-16-6-5-12(17-15)11-3-4-13-14(9-11)20-10-19-13/h3-6,9H,1-2,7-8,10H2. The summed E-state index contributed by atoms with van der Waals surface area (Å²) in [5, 5.41) is 0. The second-order valence-corrected chi connectivity index (χ2v) is 5.00. The number of hydrogen-bond donors (Lipinski definition) is 0. The van der Waals surface area contributed by atoms with Crippen LogP contribution in [0.2, 0.25) is 0 Å². The molecule has 1 saturated heterocycles. The molecule has 2 aromatic rings. The molecular formula is C15H15N3O2. The number of hydrogen-bond acceptors (Lipinski definition) is 5. The Morgan fingerprint density at radius 3 is 2.75 bits per heavy atom. The number of ether oxygens (including phenoxy) is 2. The van der Waals surface area contributed by atoms with E-state index in [1.807, 2.05) is 30.5 Å². The van der Waals surface area contributed by atoms with Gasteiger partial charge in [-0.25, -0.2) is 9.97 Å². The van der Waals surface area contributed by atoms with Gasteiger partial charge in [0.2, 0.25) is 12.7 Å². The van der Waals surface area contributed by atoms with E-state index in [0.29, 0.717) is 6.79 Å². The van der Waals surface area contributed by atoms with Gasteiger partial charge in [0.1, 0.15) is 0 Å². The Morgan fingerprint density at radius 2 is 1.85 bits per heavy atom. The molecule has 0 unspecified atom stereocenters. The molecule has 1 aromatic heterocycles. The highest BCUT2D eigenvalue weighted by Gasteiger charge is 2.17. The predicted octanol–water partition coefficient (Wildman–Crippen LogP) is 2.47. The van der Waals surface area contributed by atoms with Crippen molar-refractivity contribution in [2.45, 2.75) is 12.8 Å². The van der Waals surface area contributed by atoms with E-state index in [4.69, 9.17) is 9.47 Å². The highest BCUT2D eigenvalue weighted by Crippen LogP contribution is 2.35. The van der Waals surface area contributed by atoms with Crippen LogP contribution in [0.5, 0.6) is 11.5 Å². The lowest BCUT2D eigenvalue weighted by Gasteiger charge is -2.15. The van der Waals surface area contributed by atoms with Crippen LogP contribution >= 0.6 is 0 Å².